The number of hydrogen-bond donors (Lipinski definition) is 1. The van der Waals surface area contributed by atoms with Gasteiger partial charge >= 0.3 is 29.6 Å². The molecule has 0 bridgehead atoms. The van der Waals surface area contributed by atoms with E-state index in [0.717, 1.165) is 0 Å². The van der Waals surface area contributed by atoms with E-state index in [1.54, 1.807) is 24.5 Å². The van der Waals surface area contributed by atoms with Crippen molar-refractivity contribution in [2.45, 2.75) is 0 Å². The van der Waals surface area contributed by atoms with Gasteiger partial charge in [-0.1, -0.05) is 12.4 Å². The first-order valence-corrected chi connectivity index (χ1v) is 2.25. The Morgan fingerprint density at radius 3 is 1.90 bits per heavy atom. The van der Waals surface area contributed by atoms with Crippen LogP contribution < -0.4 is 29.6 Å². The van der Waals surface area contributed by atoms with Gasteiger partial charge in [0.25, 0.3) is 6.47 Å². The van der Waals surface area contributed by atoms with Gasteiger partial charge in [-0.3, -0.25) is 4.79 Å². The van der Waals surface area contributed by atoms with Crippen LogP contribution in [0.4, 0.5) is 0 Å². The summed E-state index contributed by atoms with van der Waals surface area (Å²) in [5, 5.41) is 6.89. The molecule has 1 aromatic heterocycles. The fourth-order valence-electron chi connectivity index (χ4n) is 0.277. The number of pyridine rings is 1. The minimum Gasteiger partial charge on any atom is -0.483 e. The molecule has 0 fully saturated rings. The van der Waals surface area contributed by atoms with Crippen LogP contribution in [0.5, 0.6) is 0 Å². The van der Waals surface area contributed by atoms with E-state index in [1.165, 1.54) is 0 Å². The molecule has 1 aromatic rings. The molecule has 0 atom stereocenters. The predicted octanol–water partition coefficient (Wildman–Crippen LogP) is -2.41. The van der Waals surface area contributed by atoms with Crippen LogP contribution in [-0.2, 0) is 4.79 Å². The SMILES string of the molecule is O=CO.[Na+].[c-]1ccncc1. The topological polar surface area (TPSA) is 50.2 Å². The fraction of sp³-hybridized carbons (Fsp3) is 0. The van der Waals surface area contributed by atoms with Crippen molar-refractivity contribution >= 4 is 6.47 Å². The maximum atomic E-state index is 8.36. The Morgan fingerprint density at radius 2 is 1.80 bits per heavy atom. The maximum absolute atomic E-state index is 8.36. The summed E-state index contributed by atoms with van der Waals surface area (Å²) in [5.74, 6) is 0. The van der Waals surface area contributed by atoms with E-state index in [1.807, 2.05) is 0 Å². The van der Waals surface area contributed by atoms with Crippen molar-refractivity contribution < 1.29 is 39.5 Å². The van der Waals surface area contributed by atoms with Gasteiger partial charge in [0.1, 0.15) is 0 Å². The van der Waals surface area contributed by atoms with Crippen LogP contribution in [-0.4, -0.2) is 16.6 Å². The molecule has 0 unspecified atom stereocenters. The summed E-state index contributed by atoms with van der Waals surface area (Å²) < 4.78 is 0. The molecule has 10 heavy (non-hydrogen) atoms. The Kier molecular flexibility index (Phi) is 14.1. The van der Waals surface area contributed by atoms with Crippen LogP contribution in [0, 0.1) is 6.07 Å². The number of aromatic nitrogens is 1. The van der Waals surface area contributed by atoms with Gasteiger partial charge in [0.15, 0.2) is 0 Å². The normalized spacial score (nSPS) is 6.00. The van der Waals surface area contributed by atoms with Crippen molar-refractivity contribution in [3.8, 4) is 0 Å². The van der Waals surface area contributed by atoms with Crippen LogP contribution in [0.2, 0.25) is 0 Å². The first-order valence-electron chi connectivity index (χ1n) is 2.25. The van der Waals surface area contributed by atoms with Gasteiger partial charge in [0, 0.05) is 0 Å². The van der Waals surface area contributed by atoms with Crippen molar-refractivity contribution in [1.29, 1.82) is 0 Å². The summed E-state index contributed by atoms with van der Waals surface area (Å²) in [6.45, 7) is -0.250. The predicted molar refractivity (Wildman–Crippen MR) is 31.8 cm³/mol. The quantitative estimate of drug-likeness (QED) is 0.252. The zero-order valence-corrected chi connectivity index (χ0v) is 7.69. The minimum atomic E-state index is -0.250. The van der Waals surface area contributed by atoms with Crippen molar-refractivity contribution in [3.05, 3.63) is 30.6 Å². The molecule has 0 saturated carbocycles. The smallest absolute Gasteiger partial charge is 0.483 e. The molecule has 0 aromatic carbocycles. The molecule has 0 aliphatic heterocycles. The Bertz CT molecular complexity index is 119. The summed E-state index contributed by atoms with van der Waals surface area (Å²) in [7, 11) is 0. The first-order chi connectivity index (χ1) is 4.41. The standard InChI is InChI=1S/C5H4N.CH2O2.Na/c1-2-4-6-5-3-1;2-1-3;/h2-5H;1H,(H,2,3);/q-1;;+1. The Labute approximate surface area is 81.4 Å². The third kappa shape index (κ3) is 10.6. The largest absolute Gasteiger partial charge is 1.00 e. The number of rotatable bonds is 0. The van der Waals surface area contributed by atoms with Crippen LogP contribution in [0.3, 0.4) is 0 Å². The van der Waals surface area contributed by atoms with E-state index >= 15 is 0 Å². The molecule has 1 heterocycles. The molecule has 0 amide bonds. The van der Waals surface area contributed by atoms with E-state index in [0.29, 0.717) is 0 Å². The van der Waals surface area contributed by atoms with Gasteiger partial charge in [-0.2, -0.15) is 18.2 Å². The second-order valence-electron chi connectivity index (χ2n) is 1.05. The average molecular weight is 147 g/mol. The van der Waals surface area contributed by atoms with E-state index in [9.17, 15) is 0 Å². The minimum absolute atomic E-state index is 0. The van der Waals surface area contributed by atoms with Gasteiger partial charge in [0.2, 0.25) is 0 Å². The summed E-state index contributed by atoms with van der Waals surface area (Å²) >= 11 is 0. The number of carboxylic acid groups (broad SMARTS) is 1. The van der Waals surface area contributed by atoms with Gasteiger partial charge < -0.3 is 10.1 Å². The van der Waals surface area contributed by atoms with E-state index in [2.05, 4.69) is 11.1 Å². The second-order valence-corrected chi connectivity index (χ2v) is 1.05. The van der Waals surface area contributed by atoms with Crippen molar-refractivity contribution in [1.82, 2.24) is 4.98 Å². The second kappa shape index (κ2) is 11.4. The van der Waals surface area contributed by atoms with Crippen molar-refractivity contribution in [3.63, 3.8) is 0 Å². The molecule has 1 rings (SSSR count). The average Bonchev–Trinajstić information content (AvgIpc) is 1.93. The Hall–Kier alpha value is -0.380. The molecule has 0 saturated heterocycles. The molecule has 0 spiro atoms. The number of carbonyl (C=O) groups is 1. The van der Waals surface area contributed by atoms with Crippen LogP contribution in [0.1, 0.15) is 0 Å². The van der Waals surface area contributed by atoms with Crippen LogP contribution >= 0.6 is 0 Å². The summed E-state index contributed by atoms with van der Waals surface area (Å²) in [6, 6.07) is 6.36. The maximum Gasteiger partial charge on any atom is 1.00 e. The number of nitrogens with zero attached hydrogens (tertiary/aromatic N) is 1. The van der Waals surface area contributed by atoms with Gasteiger partial charge in [-0.25, -0.2) is 0 Å². The summed E-state index contributed by atoms with van der Waals surface area (Å²) in [4.78, 5) is 12.1. The molecule has 4 heteroatoms. The van der Waals surface area contributed by atoms with Gasteiger partial charge in [0.05, 0.1) is 0 Å². The summed E-state index contributed by atoms with van der Waals surface area (Å²) in [5.41, 5.74) is 0. The zero-order chi connectivity index (χ0) is 6.95. The third-order valence-corrected chi connectivity index (χ3v) is 0.514. The van der Waals surface area contributed by atoms with Gasteiger partial charge in [-0.15, -0.1) is 0 Å². The zero-order valence-electron chi connectivity index (χ0n) is 5.69. The Balaban J connectivity index is 0. The molecule has 0 aliphatic carbocycles. The van der Waals surface area contributed by atoms with Gasteiger partial charge in [-0.05, 0) is 0 Å². The monoisotopic (exact) mass is 147 g/mol. The number of hydrogen-bond acceptors (Lipinski definition) is 2. The van der Waals surface area contributed by atoms with E-state index in [4.69, 9.17) is 9.90 Å². The fourth-order valence-corrected chi connectivity index (χ4v) is 0.277. The molecule has 0 aliphatic rings. The van der Waals surface area contributed by atoms with Crippen LogP contribution in [0.15, 0.2) is 24.5 Å². The molecule has 3 nitrogen and oxygen atoms in total. The van der Waals surface area contributed by atoms with Crippen LogP contribution in [0.25, 0.3) is 0 Å². The van der Waals surface area contributed by atoms with Crippen molar-refractivity contribution in [2.75, 3.05) is 0 Å². The molecular weight excluding hydrogens is 141 g/mol. The van der Waals surface area contributed by atoms with E-state index in [-0.39, 0.29) is 36.0 Å². The molecular formula is C6H6NNaO2. The third-order valence-electron chi connectivity index (χ3n) is 0.514. The first kappa shape index (κ1) is 12.3. The van der Waals surface area contributed by atoms with E-state index < -0.39 is 0 Å². The molecule has 48 valence electrons. The molecule has 1 N–H and O–H groups in total. The summed E-state index contributed by atoms with van der Waals surface area (Å²) in [6.07, 6.45) is 3.39. The van der Waals surface area contributed by atoms with Crippen molar-refractivity contribution in [2.24, 2.45) is 0 Å². The molecule has 0 radical (unpaired) electrons. The Morgan fingerprint density at radius 1 is 1.40 bits per heavy atom.